The fraction of sp³-hybridized carbons (Fsp3) is 0.308. The summed E-state index contributed by atoms with van der Waals surface area (Å²) in [4.78, 5) is 20.1. The molecule has 1 amide bonds. The van der Waals surface area contributed by atoms with Gasteiger partial charge in [-0.05, 0) is 18.4 Å². The second kappa shape index (κ2) is 6.96. The van der Waals surface area contributed by atoms with Crippen LogP contribution in [0.2, 0.25) is 0 Å². The van der Waals surface area contributed by atoms with Crippen molar-refractivity contribution >= 4 is 17.2 Å². The summed E-state index contributed by atoms with van der Waals surface area (Å²) < 4.78 is 5.04. The SMILES string of the molecule is CCOCC(=O)NCc1nccnc1-c1ccsc1. The Morgan fingerprint density at radius 1 is 1.42 bits per heavy atom. The first-order valence-electron chi connectivity index (χ1n) is 5.98. The molecule has 6 heteroatoms. The van der Waals surface area contributed by atoms with E-state index in [1.807, 2.05) is 23.8 Å². The van der Waals surface area contributed by atoms with E-state index in [-0.39, 0.29) is 12.5 Å². The molecular weight excluding hydrogens is 262 g/mol. The predicted molar refractivity (Wildman–Crippen MR) is 73.7 cm³/mol. The van der Waals surface area contributed by atoms with Gasteiger partial charge in [-0.3, -0.25) is 14.8 Å². The third-order valence-electron chi connectivity index (χ3n) is 2.46. The Bertz CT molecular complexity index is 528. The number of carbonyl (C=O) groups is 1. The molecule has 0 atom stereocenters. The molecule has 0 fully saturated rings. The molecule has 2 rings (SSSR count). The van der Waals surface area contributed by atoms with Gasteiger partial charge in [-0.2, -0.15) is 11.3 Å². The minimum atomic E-state index is -0.149. The van der Waals surface area contributed by atoms with Crippen molar-refractivity contribution in [2.24, 2.45) is 0 Å². The summed E-state index contributed by atoms with van der Waals surface area (Å²) in [6, 6.07) is 1.99. The van der Waals surface area contributed by atoms with Crippen molar-refractivity contribution in [1.82, 2.24) is 15.3 Å². The number of rotatable bonds is 6. The molecule has 2 aromatic heterocycles. The van der Waals surface area contributed by atoms with Gasteiger partial charge in [0.05, 0.1) is 17.9 Å². The lowest BCUT2D eigenvalue weighted by Gasteiger charge is -2.07. The smallest absolute Gasteiger partial charge is 0.246 e. The molecule has 0 saturated carbocycles. The van der Waals surface area contributed by atoms with E-state index in [2.05, 4.69) is 15.3 Å². The fourth-order valence-corrected chi connectivity index (χ4v) is 2.21. The van der Waals surface area contributed by atoms with Crippen molar-refractivity contribution in [3.63, 3.8) is 0 Å². The first kappa shape index (κ1) is 13.6. The standard InChI is InChI=1S/C13H15N3O2S/c1-2-18-8-12(17)16-7-11-13(15-5-4-14-11)10-3-6-19-9-10/h3-6,9H,2,7-8H2,1H3,(H,16,17). The second-order valence-corrected chi connectivity index (χ2v) is 4.56. The fourth-order valence-electron chi connectivity index (χ4n) is 1.56. The maximum atomic E-state index is 11.5. The normalized spacial score (nSPS) is 10.4. The number of hydrogen-bond acceptors (Lipinski definition) is 5. The van der Waals surface area contributed by atoms with Crippen LogP contribution in [0.25, 0.3) is 11.3 Å². The van der Waals surface area contributed by atoms with Crippen molar-refractivity contribution < 1.29 is 9.53 Å². The number of nitrogens with zero attached hydrogens (tertiary/aromatic N) is 2. The van der Waals surface area contributed by atoms with Gasteiger partial charge < -0.3 is 10.1 Å². The zero-order valence-electron chi connectivity index (χ0n) is 10.6. The summed E-state index contributed by atoms with van der Waals surface area (Å²) in [7, 11) is 0. The molecular formula is C13H15N3O2S. The van der Waals surface area contributed by atoms with Crippen LogP contribution < -0.4 is 5.32 Å². The Hall–Kier alpha value is -1.79. The van der Waals surface area contributed by atoms with Crippen LogP contribution in [0.5, 0.6) is 0 Å². The highest BCUT2D eigenvalue weighted by atomic mass is 32.1. The number of nitrogens with one attached hydrogen (secondary N) is 1. The van der Waals surface area contributed by atoms with E-state index >= 15 is 0 Å². The number of hydrogen-bond donors (Lipinski definition) is 1. The van der Waals surface area contributed by atoms with E-state index in [4.69, 9.17) is 4.74 Å². The number of aromatic nitrogens is 2. The molecule has 100 valence electrons. The average molecular weight is 277 g/mol. The van der Waals surface area contributed by atoms with Gasteiger partial charge in [-0.25, -0.2) is 0 Å². The molecule has 0 aliphatic heterocycles. The number of thiophene rings is 1. The molecule has 0 aliphatic carbocycles. The van der Waals surface area contributed by atoms with E-state index in [9.17, 15) is 4.79 Å². The van der Waals surface area contributed by atoms with Crippen molar-refractivity contribution in [1.29, 1.82) is 0 Å². The summed E-state index contributed by atoms with van der Waals surface area (Å²) in [6.07, 6.45) is 3.28. The predicted octanol–water partition coefficient (Wildman–Crippen LogP) is 1.86. The lowest BCUT2D eigenvalue weighted by molar-refractivity contribution is -0.125. The maximum Gasteiger partial charge on any atom is 0.246 e. The monoisotopic (exact) mass is 277 g/mol. The minimum Gasteiger partial charge on any atom is -0.372 e. The summed E-state index contributed by atoms with van der Waals surface area (Å²) in [5.41, 5.74) is 2.58. The van der Waals surface area contributed by atoms with Crippen molar-refractivity contribution in [2.75, 3.05) is 13.2 Å². The van der Waals surface area contributed by atoms with Crippen LogP contribution >= 0.6 is 11.3 Å². The Morgan fingerprint density at radius 3 is 3.00 bits per heavy atom. The van der Waals surface area contributed by atoms with Gasteiger partial charge in [0.15, 0.2) is 0 Å². The molecule has 2 heterocycles. The molecule has 0 bridgehead atoms. The van der Waals surface area contributed by atoms with E-state index in [1.165, 1.54) is 0 Å². The molecule has 0 saturated heterocycles. The average Bonchev–Trinajstić information content (AvgIpc) is 2.97. The molecule has 0 spiro atoms. The molecule has 0 unspecified atom stereocenters. The largest absolute Gasteiger partial charge is 0.372 e. The van der Waals surface area contributed by atoms with E-state index in [1.54, 1.807) is 23.7 Å². The maximum absolute atomic E-state index is 11.5. The highest BCUT2D eigenvalue weighted by Gasteiger charge is 2.09. The van der Waals surface area contributed by atoms with Crippen LogP contribution in [0.15, 0.2) is 29.2 Å². The van der Waals surface area contributed by atoms with Crippen LogP contribution in [0.3, 0.4) is 0 Å². The molecule has 19 heavy (non-hydrogen) atoms. The second-order valence-electron chi connectivity index (χ2n) is 3.78. The molecule has 0 radical (unpaired) electrons. The zero-order valence-corrected chi connectivity index (χ0v) is 11.4. The topological polar surface area (TPSA) is 64.1 Å². The van der Waals surface area contributed by atoms with Crippen molar-refractivity contribution in [3.8, 4) is 11.3 Å². The van der Waals surface area contributed by atoms with Gasteiger partial charge in [0.25, 0.3) is 0 Å². The summed E-state index contributed by atoms with van der Waals surface area (Å²) in [6.45, 7) is 2.80. The summed E-state index contributed by atoms with van der Waals surface area (Å²) in [5, 5.41) is 6.77. The molecule has 0 aliphatic rings. The lowest BCUT2D eigenvalue weighted by Crippen LogP contribution is -2.27. The van der Waals surface area contributed by atoms with Crippen molar-refractivity contribution in [3.05, 3.63) is 34.9 Å². The third kappa shape index (κ3) is 3.84. The van der Waals surface area contributed by atoms with E-state index in [0.29, 0.717) is 13.2 Å². The quantitative estimate of drug-likeness (QED) is 0.875. The molecule has 1 N–H and O–H groups in total. The number of ether oxygens (including phenoxy) is 1. The number of amides is 1. The van der Waals surface area contributed by atoms with Gasteiger partial charge in [0.2, 0.25) is 5.91 Å². The zero-order chi connectivity index (χ0) is 13.5. The van der Waals surface area contributed by atoms with Crippen LogP contribution in [-0.4, -0.2) is 29.1 Å². The molecule has 5 nitrogen and oxygen atoms in total. The van der Waals surface area contributed by atoms with Crippen LogP contribution in [0.1, 0.15) is 12.6 Å². The van der Waals surface area contributed by atoms with Gasteiger partial charge in [-0.15, -0.1) is 0 Å². The van der Waals surface area contributed by atoms with Gasteiger partial charge >= 0.3 is 0 Å². The van der Waals surface area contributed by atoms with E-state index in [0.717, 1.165) is 17.0 Å². The van der Waals surface area contributed by atoms with Crippen LogP contribution in [0.4, 0.5) is 0 Å². The Labute approximate surface area is 115 Å². The van der Waals surface area contributed by atoms with Crippen molar-refractivity contribution in [2.45, 2.75) is 13.5 Å². The van der Waals surface area contributed by atoms with Crippen LogP contribution in [0, 0.1) is 0 Å². The Kier molecular flexibility index (Phi) is 5.00. The minimum absolute atomic E-state index is 0.0740. The van der Waals surface area contributed by atoms with Gasteiger partial charge in [0, 0.05) is 29.9 Å². The first-order chi connectivity index (χ1) is 9.31. The molecule has 0 aromatic carbocycles. The first-order valence-corrected chi connectivity index (χ1v) is 6.92. The van der Waals surface area contributed by atoms with E-state index < -0.39 is 0 Å². The lowest BCUT2D eigenvalue weighted by atomic mass is 10.2. The van der Waals surface area contributed by atoms with Crippen LogP contribution in [-0.2, 0) is 16.1 Å². The summed E-state index contributed by atoms with van der Waals surface area (Å²) in [5.74, 6) is -0.149. The van der Waals surface area contributed by atoms with Gasteiger partial charge in [0.1, 0.15) is 6.61 Å². The van der Waals surface area contributed by atoms with Gasteiger partial charge in [-0.1, -0.05) is 0 Å². The highest BCUT2D eigenvalue weighted by molar-refractivity contribution is 7.08. The Morgan fingerprint density at radius 2 is 2.26 bits per heavy atom. The Balaban J connectivity index is 2.03. The third-order valence-corrected chi connectivity index (χ3v) is 3.14. The molecule has 2 aromatic rings. The summed E-state index contributed by atoms with van der Waals surface area (Å²) >= 11 is 1.60. The highest BCUT2D eigenvalue weighted by Crippen LogP contribution is 2.21. The number of carbonyl (C=O) groups excluding carboxylic acids is 1.